The highest BCUT2D eigenvalue weighted by Gasteiger charge is 2.23. The van der Waals surface area contributed by atoms with Crippen LogP contribution in [0.15, 0.2) is 63.9 Å². The number of hydrogen-bond donors (Lipinski definition) is 2. The van der Waals surface area contributed by atoms with E-state index in [4.69, 9.17) is 20.0 Å². The van der Waals surface area contributed by atoms with E-state index in [-0.39, 0.29) is 5.82 Å². The summed E-state index contributed by atoms with van der Waals surface area (Å²) >= 11 is 0. The quantitative estimate of drug-likeness (QED) is 0.296. The molecule has 0 amide bonds. The number of nitrogen functional groups attached to an aromatic ring is 1. The Bertz CT molecular complexity index is 1370. The molecule has 9 heteroatoms. The van der Waals surface area contributed by atoms with Gasteiger partial charge in [-0.3, -0.25) is 4.99 Å². The predicted molar refractivity (Wildman–Crippen MR) is 149 cm³/mol. The van der Waals surface area contributed by atoms with Gasteiger partial charge in [0.25, 0.3) is 0 Å². The van der Waals surface area contributed by atoms with Gasteiger partial charge in [0.2, 0.25) is 0 Å². The van der Waals surface area contributed by atoms with Crippen LogP contribution in [0, 0.1) is 16.7 Å². The second kappa shape index (κ2) is 11.9. The fourth-order valence-electron chi connectivity index (χ4n) is 4.13. The minimum atomic E-state index is -0.809. The Kier molecular flexibility index (Phi) is 8.46. The number of hydrogen-bond acceptors (Lipinski definition) is 9. The van der Waals surface area contributed by atoms with Crippen LogP contribution in [0.5, 0.6) is 0 Å². The van der Waals surface area contributed by atoms with Gasteiger partial charge < -0.3 is 20.3 Å². The van der Waals surface area contributed by atoms with Crippen molar-refractivity contribution in [3.8, 4) is 28.8 Å². The molecule has 0 atom stereocenters. The smallest absolute Gasteiger partial charge is 0.189 e. The van der Waals surface area contributed by atoms with E-state index < -0.39 is 5.41 Å². The summed E-state index contributed by atoms with van der Waals surface area (Å²) < 4.78 is 11.0. The summed E-state index contributed by atoms with van der Waals surface area (Å²) in [4.78, 5) is 13.1. The van der Waals surface area contributed by atoms with Crippen LogP contribution >= 0.6 is 0 Å². The minimum Gasteiger partial charge on any atom is -0.382 e. The Morgan fingerprint density at radius 2 is 2.03 bits per heavy atom. The summed E-state index contributed by atoms with van der Waals surface area (Å²) in [5.41, 5.74) is 10.4. The first-order valence-corrected chi connectivity index (χ1v) is 12.6. The Morgan fingerprint density at radius 3 is 2.68 bits per heavy atom. The van der Waals surface area contributed by atoms with Gasteiger partial charge in [-0.25, -0.2) is 9.97 Å². The molecule has 9 nitrogen and oxygen atoms in total. The molecule has 0 radical (unpaired) electrons. The van der Waals surface area contributed by atoms with Crippen LogP contribution < -0.4 is 11.1 Å². The monoisotopic (exact) mass is 511 g/mol. The summed E-state index contributed by atoms with van der Waals surface area (Å²) in [5, 5.41) is 17.3. The van der Waals surface area contributed by atoms with Crippen molar-refractivity contribution in [2.45, 2.75) is 46.2 Å². The van der Waals surface area contributed by atoms with Gasteiger partial charge in [0, 0.05) is 37.4 Å². The molecule has 1 fully saturated rings. The predicted octanol–water partition coefficient (Wildman–Crippen LogP) is 5.19. The number of benzene rings is 1. The molecule has 196 valence electrons. The fourth-order valence-corrected chi connectivity index (χ4v) is 4.13. The lowest BCUT2D eigenvalue weighted by Gasteiger charge is -2.23. The molecule has 0 aliphatic carbocycles. The molecule has 3 N–H and O–H groups in total. The third kappa shape index (κ3) is 6.22. The van der Waals surface area contributed by atoms with Crippen molar-refractivity contribution in [2.24, 2.45) is 10.4 Å². The third-order valence-electron chi connectivity index (χ3n) is 6.60. The lowest BCUT2D eigenvalue weighted by molar-refractivity contribution is 0.0776. The van der Waals surface area contributed by atoms with E-state index >= 15 is 0 Å². The molecule has 38 heavy (non-hydrogen) atoms. The lowest BCUT2D eigenvalue weighted by Crippen LogP contribution is -2.34. The highest BCUT2D eigenvalue weighted by molar-refractivity contribution is 5.76. The van der Waals surface area contributed by atoms with Crippen molar-refractivity contribution >= 4 is 18.1 Å². The number of nitriles is 1. The largest absolute Gasteiger partial charge is 0.382 e. The lowest BCUT2D eigenvalue weighted by atomic mass is 9.89. The summed E-state index contributed by atoms with van der Waals surface area (Å²) in [7, 11) is 0. The van der Waals surface area contributed by atoms with Crippen molar-refractivity contribution in [2.75, 3.05) is 18.9 Å². The highest BCUT2D eigenvalue weighted by Crippen LogP contribution is 2.32. The zero-order valence-electron chi connectivity index (χ0n) is 22.1. The maximum atomic E-state index is 9.50. The molecule has 0 unspecified atom stereocenters. The number of nitrogens with two attached hydrogens (primary N) is 1. The highest BCUT2D eigenvalue weighted by atomic mass is 16.5. The first kappa shape index (κ1) is 26.9. The SMILES string of the molecule is C=N/C(=C\C(=C/C)c1cnc(N)c(-c2cc(-c3ccc(CNC4CCOCC4)cc3)no2)n1)C(C)(C)C#N. The summed E-state index contributed by atoms with van der Waals surface area (Å²) in [6.07, 6.45) is 7.32. The van der Waals surface area contributed by atoms with Crippen LogP contribution in [-0.4, -0.2) is 41.1 Å². The number of ether oxygens (including phenoxy) is 1. The third-order valence-corrected chi connectivity index (χ3v) is 6.60. The maximum Gasteiger partial charge on any atom is 0.189 e. The van der Waals surface area contributed by atoms with Crippen molar-refractivity contribution in [3.63, 3.8) is 0 Å². The maximum absolute atomic E-state index is 9.50. The van der Waals surface area contributed by atoms with E-state index in [1.807, 2.05) is 25.1 Å². The van der Waals surface area contributed by atoms with E-state index in [0.717, 1.165) is 43.7 Å². The average molecular weight is 512 g/mol. The van der Waals surface area contributed by atoms with E-state index in [1.54, 1.807) is 32.2 Å². The summed E-state index contributed by atoms with van der Waals surface area (Å²) in [6.45, 7) is 11.5. The molecule has 2 aromatic heterocycles. The van der Waals surface area contributed by atoms with Crippen LogP contribution in [0.4, 0.5) is 5.82 Å². The standard InChI is InChI=1S/C29H33N7O2/c1-5-20(14-26(32-4)29(2,3)18-30)24-17-34-28(31)27(35-24)25-15-23(36-38-25)21-8-6-19(7-9-21)16-33-22-10-12-37-13-11-22/h5-9,14-15,17,22,33H,4,10-13,16H2,1-3H3,(H2,31,34)/b20-5+,26-14-. The van der Waals surface area contributed by atoms with Crippen molar-refractivity contribution in [3.05, 3.63) is 65.6 Å². The van der Waals surface area contributed by atoms with Gasteiger partial charge in [-0.15, -0.1) is 0 Å². The molecule has 1 aliphatic heterocycles. The Labute approximate surface area is 223 Å². The fraction of sp³-hybridized carbons (Fsp3) is 0.345. The molecular formula is C29H33N7O2. The first-order valence-electron chi connectivity index (χ1n) is 12.6. The molecule has 1 aromatic carbocycles. The first-order chi connectivity index (χ1) is 18.3. The van der Waals surface area contributed by atoms with Gasteiger partial charge in [-0.05, 0) is 57.5 Å². The van der Waals surface area contributed by atoms with Gasteiger partial charge in [0.1, 0.15) is 5.69 Å². The Balaban J connectivity index is 1.53. The minimum absolute atomic E-state index is 0.227. The van der Waals surface area contributed by atoms with Crippen molar-refractivity contribution in [1.82, 2.24) is 20.4 Å². The van der Waals surface area contributed by atoms with Gasteiger partial charge in [0.15, 0.2) is 17.3 Å². The molecule has 3 aromatic rings. The number of allylic oxidation sites excluding steroid dienone is 4. The number of aliphatic imine (C=N–C) groups is 1. The molecule has 1 aliphatic rings. The van der Waals surface area contributed by atoms with Gasteiger partial charge in [-0.2, -0.15) is 5.26 Å². The Morgan fingerprint density at radius 1 is 1.29 bits per heavy atom. The second-order valence-electron chi connectivity index (χ2n) is 9.70. The summed E-state index contributed by atoms with van der Waals surface area (Å²) in [5.74, 6) is 0.640. The van der Waals surface area contributed by atoms with E-state index in [2.05, 4.69) is 45.4 Å². The van der Waals surface area contributed by atoms with Gasteiger partial charge in [-0.1, -0.05) is 35.5 Å². The molecule has 1 saturated heterocycles. The zero-order valence-corrected chi connectivity index (χ0v) is 22.1. The van der Waals surface area contributed by atoms with Crippen LogP contribution in [0.2, 0.25) is 0 Å². The number of anilines is 1. The average Bonchev–Trinajstić information content (AvgIpc) is 3.44. The second-order valence-corrected chi connectivity index (χ2v) is 9.70. The van der Waals surface area contributed by atoms with Crippen molar-refractivity contribution < 1.29 is 9.26 Å². The molecule has 0 saturated carbocycles. The zero-order chi connectivity index (χ0) is 27.1. The molecule has 3 heterocycles. The van der Waals surface area contributed by atoms with Crippen LogP contribution in [0.3, 0.4) is 0 Å². The Hall–Kier alpha value is -4.13. The van der Waals surface area contributed by atoms with E-state index in [9.17, 15) is 5.26 Å². The van der Waals surface area contributed by atoms with Crippen LogP contribution in [0.25, 0.3) is 28.3 Å². The van der Waals surface area contributed by atoms with Crippen molar-refractivity contribution in [1.29, 1.82) is 5.26 Å². The number of aromatic nitrogens is 3. The van der Waals surface area contributed by atoms with E-state index in [1.165, 1.54) is 5.56 Å². The number of nitrogens with one attached hydrogen (secondary N) is 1. The topological polar surface area (TPSA) is 135 Å². The van der Waals surface area contributed by atoms with Gasteiger partial charge >= 0.3 is 0 Å². The molecule has 0 bridgehead atoms. The molecule has 0 spiro atoms. The summed E-state index contributed by atoms with van der Waals surface area (Å²) in [6, 6.07) is 12.8. The van der Waals surface area contributed by atoms with Gasteiger partial charge in [0.05, 0.1) is 29.1 Å². The number of rotatable bonds is 9. The normalized spacial score (nSPS) is 15.3. The van der Waals surface area contributed by atoms with E-state index in [0.29, 0.717) is 34.6 Å². The van der Waals surface area contributed by atoms with Crippen LogP contribution in [0.1, 0.15) is 44.9 Å². The number of nitrogens with zero attached hydrogens (tertiary/aromatic N) is 5. The molecule has 4 rings (SSSR count). The molecular weight excluding hydrogens is 478 g/mol. The van der Waals surface area contributed by atoms with Crippen LogP contribution in [-0.2, 0) is 11.3 Å².